The first-order valence-corrected chi connectivity index (χ1v) is 8.19. The van der Waals surface area contributed by atoms with E-state index in [2.05, 4.69) is 17.2 Å². The van der Waals surface area contributed by atoms with Crippen molar-refractivity contribution >= 4 is 28.6 Å². The number of aryl methyl sites for hydroxylation is 1. The van der Waals surface area contributed by atoms with Gasteiger partial charge in [0.25, 0.3) is 0 Å². The fourth-order valence-corrected chi connectivity index (χ4v) is 3.45. The summed E-state index contributed by atoms with van der Waals surface area (Å²) in [4.78, 5) is 18.2. The highest BCUT2D eigenvalue weighted by atomic mass is 32.1. The number of thiazole rings is 1. The molecule has 0 saturated heterocycles. The van der Waals surface area contributed by atoms with Gasteiger partial charge in [0.1, 0.15) is 0 Å². The Morgan fingerprint density at radius 2 is 2.40 bits per heavy atom. The standard InChI is InChI=1S/C14H18N2O2S2/c1-3-13-16-9-10(20-13)8-15-11(7-14(17)18-2)12-5-4-6-19-12/h4-6,9,11,15H,3,7-8H2,1-2H3. The second-order valence-electron chi connectivity index (χ2n) is 4.30. The summed E-state index contributed by atoms with van der Waals surface area (Å²) in [6, 6.07) is 4.03. The molecule has 1 N–H and O–H groups in total. The first-order chi connectivity index (χ1) is 9.72. The molecule has 0 radical (unpaired) electrons. The van der Waals surface area contributed by atoms with Crippen LogP contribution in [0.1, 0.15) is 34.1 Å². The molecule has 0 bridgehead atoms. The minimum absolute atomic E-state index is 0.00498. The summed E-state index contributed by atoms with van der Waals surface area (Å²) in [6.45, 7) is 2.82. The zero-order valence-electron chi connectivity index (χ0n) is 11.6. The SMILES string of the molecule is CCc1ncc(CNC(CC(=O)OC)c2cccs2)s1. The van der Waals surface area contributed by atoms with E-state index in [4.69, 9.17) is 4.74 Å². The molecule has 2 heterocycles. The highest BCUT2D eigenvalue weighted by Crippen LogP contribution is 2.23. The summed E-state index contributed by atoms with van der Waals surface area (Å²) >= 11 is 3.36. The number of hydrogen-bond donors (Lipinski definition) is 1. The van der Waals surface area contributed by atoms with Gasteiger partial charge in [0, 0.05) is 22.5 Å². The number of aromatic nitrogens is 1. The Kier molecular flexibility index (Phi) is 5.70. The van der Waals surface area contributed by atoms with Crippen molar-refractivity contribution in [2.24, 2.45) is 0 Å². The maximum atomic E-state index is 11.5. The third-order valence-corrected chi connectivity index (χ3v) is 5.04. The molecule has 0 aliphatic rings. The lowest BCUT2D eigenvalue weighted by atomic mass is 10.1. The van der Waals surface area contributed by atoms with E-state index in [0.29, 0.717) is 6.42 Å². The van der Waals surface area contributed by atoms with E-state index in [1.165, 1.54) is 12.0 Å². The number of carbonyl (C=O) groups is 1. The third-order valence-electron chi connectivity index (χ3n) is 2.91. The number of methoxy groups -OCH3 is 1. The average Bonchev–Trinajstić information content (AvgIpc) is 3.13. The fraction of sp³-hybridized carbons (Fsp3) is 0.429. The van der Waals surface area contributed by atoms with Crippen molar-refractivity contribution in [2.75, 3.05) is 7.11 Å². The van der Waals surface area contributed by atoms with Crippen LogP contribution in [0.4, 0.5) is 0 Å². The van der Waals surface area contributed by atoms with Crippen LogP contribution in [0.5, 0.6) is 0 Å². The molecule has 0 saturated carbocycles. The van der Waals surface area contributed by atoms with Crippen LogP contribution in [0.2, 0.25) is 0 Å². The molecule has 20 heavy (non-hydrogen) atoms. The number of rotatable bonds is 7. The van der Waals surface area contributed by atoms with Crippen molar-refractivity contribution in [3.05, 3.63) is 38.5 Å². The Bertz CT molecular complexity index is 537. The highest BCUT2D eigenvalue weighted by molar-refractivity contribution is 7.11. The van der Waals surface area contributed by atoms with E-state index in [1.807, 2.05) is 23.7 Å². The van der Waals surface area contributed by atoms with Gasteiger partial charge < -0.3 is 10.1 Å². The van der Waals surface area contributed by atoms with Gasteiger partial charge in [0.15, 0.2) is 0 Å². The zero-order chi connectivity index (χ0) is 14.4. The van der Waals surface area contributed by atoms with Gasteiger partial charge in [0.2, 0.25) is 0 Å². The van der Waals surface area contributed by atoms with E-state index in [9.17, 15) is 4.79 Å². The molecule has 1 atom stereocenters. The minimum atomic E-state index is -0.200. The van der Waals surface area contributed by atoms with Gasteiger partial charge in [-0.3, -0.25) is 4.79 Å². The largest absolute Gasteiger partial charge is 0.469 e. The fourth-order valence-electron chi connectivity index (χ4n) is 1.83. The molecule has 0 aliphatic heterocycles. The Hall–Kier alpha value is -1.24. The molecule has 4 nitrogen and oxygen atoms in total. The molecule has 1 unspecified atom stereocenters. The van der Waals surface area contributed by atoms with Gasteiger partial charge >= 0.3 is 5.97 Å². The predicted molar refractivity (Wildman–Crippen MR) is 82.0 cm³/mol. The predicted octanol–water partition coefficient (Wildman–Crippen LogP) is 3.16. The summed E-state index contributed by atoms with van der Waals surface area (Å²) in [5.41, 5.74) is 0. The Morgan fingerprint density at radius 1 is 1.55 bits per heavy atom. The number of hydrogen-bond acceptors (Lipinski definition) is 6. The molecule has 6 heteroatoms. The van der Waals surface area contributed by atoms with Crippen molar-refractivity contribution < 1.29 is 9.53 Å². The molecular formula is C14H18N2O2S2. The maximum absolute atomic E-state index is 11.5. The third kappa shape index (κ3) is 4.13. The number of thiophene rings is 1. The van der Waals surface area contributed by atoms with E-state index < -0.39 is 0 Å². The Morgan fingerprint density at radius 3 is 3.00 bits per heavy atom. The topological polar surface area (TPSA) is 51.2 Å². The molecule has 0 amide bonds. The first kappa shape index (κ1) is 15.2. The highest BCUT2D eigenvalue weighted by Gasteiger charge is 2.17. The number of ether oxygens (including phenoxy) is 1. The van der Waals surface area contributed by atoms with Gasteiger partial charge in [-0.15, -0.1) is 22.7 Å². The molecule has 2 aromatic heterocycles. The van der Waals surface area contributed by atoms with Gasteiger partial charge in [-0.25, -0.2) is 4.98 Å². The second kappa shape index (κ2) is 7.52. The van der Waals surface area contributed by atoms with Crippen LogP contribution in [-0.2, 0) is 22.5 Å². The normalized spacial score (nSPS) is 12.3. The minimum Gasteiger partial charge on any atom is -0.469 e. The Labute approximate surface area is 126 Å². The summed E-state index contributed by atoms with van der Waals surface area (Å²) in [6.07, 6.45) is 3.21. The van der Waals surface area contributed by atoms with E-state index in [0.717, 1.165) is 22.9 Å². The lowest BCUT2D eigenvalue weighted by Crippen LogP contribution is -2.23. The van der Waals surface area contributed by atoms with Crippen LogP contribution in [0.3, 0.4) is 0 Å². The molecule has 0 aromatic carbocycles. The van der Waals surface area contributed by atoms with Crippen LogP contribution in [0.15, 0.2) is 23.7 Å². The number of nitrogens with one attached hydrogen (secondary N) is 1. The molecule has 0 aliphatic carbocycles. The molecule has 0 spiro atoms. The maximum Gasteiger partial charge on any atom is 0.307 e. The average molecular weight is 310 g/mol. The van der Waals surface area contributed by atoms with Gasteiger partial charge in [-0.05, 0) is 17.9 Å². The zero-order valence-corrected chi connectivity index (χ0v) is 13.2. The summed E-state index contributed by atoms with van der Waals surface area (Å²) in [7, 11) is 1.42. The van der Waals surface area contributed by atoms with Gasteiger partial charge in [-0.2, -0.15) is 0 Å². The molecule has 108 valence electrons. The van der Waals surface area contributed by atoms with Gasteiger partial charge in [-0.1, -0.05) is 13.0 Å². The monoisotopic (exact) mass is 310 g/mol. The summed E-state index contributed by atoms with van der Waals surface area (Å²) in [5.74, 6) is -0.200. The van der Waals surface area contributed by atoms with Crippen LogP contribution < -0.4 is 5.32 Å². The molecular weight excluding hydrogens is 292 g/mol. The van der Waals surface area contributed by atoms with E-state index in [1.54, 1.807) is 22.7 Å². The lowest BCUT2D eigenvalue weighted by Gasteiger charge is -2.15. The smallest absolute Gasteiger partial charge is 0.307 e. The van der Waals surface area contributed by atoms with Crippen LogP contribution in [0.25, 0.3) is 0 Å². The van der Waals surface area contributed by atoms with Crippen LogP contribution in [0, 0.1) is 0 Å². The van der Waals surface area contributed by atoms with Crippen LogP contribution in [-0.4, -0.2) is 18.1 Å². The summed E-state index contributed by atoms with van der Waals surface area (Å²) in [5, 5.41) is 6.58. The molecule has 2 rings (SSSR count). The second-order valence-corrected chi connectivity index (χ2v) is 6.48. The van der Waals surface area contributed by atoms with E-state index in [-0.39, 0.29) is 12.0 Å². The van der Waals surface area contributed by atoms with Gasteiger partial charge in [0.05, 0.1) is 24.6 Å². The van der Waals surface area contributed by atoms with Crippen molar-refractivity contribution in [1.29, 1.82) is 0 Å². The quantitative estimate of drug-likeness (QED) is 0.798. The number of nitrogens with zero attached hydrogens (tertiary/aromatic N) is 1. The first-order valence-electron chi connectivity index (χ1n) is 6.50. The summed E-state index contributed by atoms with van der Waals surface area (Å²) < 4.78 is 4.77. The van der Waals surface area contributed by atoms with Crippen molar-refractivity contribution in [3.63, 3.8) is 0 Å². The molecule has 2 aromatic rings. The van der Waals surface area contributed by atoms with Crippen LogP contribution >= 0.6 is 22.7 Å². The van der Waals surface area contributed by atoms with Crippen molar-refractivity contribution in [1.82, 2.24) is 10.3 Å². The lowest BCUT2D eigenvalue weighted by molar-refractivity contribution is -0.141. The number of carbonyl (C=O) groups excluding carboxylic acids is 1. The molecule has 0 fully saturated rings. The van der Waals surface area contributed by atoms with Crippen molar-refractivity contribution in [3.8, 4) is 0 Å². The number of esters is 1. The van der Waals surface area contributed by atoms with E-state index >= 15 is 0 Å². The van der Waals surface area contributed by atoms with Crippen molar-refractivity contribution in [2.45, 2.75) is 32.4 Å². The Balaban J connectivity index is 1.98.